The molecule has 1 rings (SSSR count). The third-order valence-corrected chi connectivity index (χ3v) is 2.08. The lowest BCUT2D eigenvalue weighted by Crippen LogP contribution is -2.07. The molecule has 0 bridgehead atoms. The van der Waals surface area contributed by atoms with E-state index in [2.05, 4.69) is 10.2 Å². The Hall–Kier alpha value is -0.970. The van der Waals surface area contributed by atoms with Crippen molar-refractivity contribution in [2.24, 2.45) is 5.10 Å². The minimum atomic E-state index is -3.11. The summed E-state index contributed by atoms with van der Waals surface area (Å²) in [6, 6.07) is 0. The van der Waals surface area contributed by atoms with Gasteiger partial charge in [0.15, 0.2) is 9.84 Å². The van der Waals surface area contributed by atoms with Gasteiger partial charge >= 0.3 is 0 Å². The van der Waals surface area contributed by atoms with Gasteiger partial charge in [0.1, 0.15) is 11.1 Å². The maximum atomic E-state index is 10.8. The zero-order valence-corrected chi connectivity index (χ0v) is 6.17. The van der Waals surface area contributed by atoms with Gasteiger partial charge in [-0.05, 0) is 6.08 Å². The Morgan fingerprint density at radius 2 is 2.30 bits per heavy atom. The van der Waals surface area contributed by atoms with Gasteiger partial charge in [0.25, 0.3) is 6.21 Å². The lowest BCUT2D eigenvalue weighted by molar-refractivity contribution is 0.609. The molecule has 10 heavy (non-hydrogen) atoms. The molecule has 1 aliphatic heterocycles. The van der Waals surface area contributed by atoms with E-state index >= 15 is 0 Å². The average molecular weight is 158 g/mol. The molecule has 0 aromatic carbocycles. The molecule has 0 aromatic heterocycles. The van der Waals surface area contributed by atoms with E-state index in [0.29, 0.717) is 0 Å². The van der Waals surface area contributed by atoms with Crippen LogP contribution in [0.3, 0.4) is 0 Å². The van der Waals surface area contributed by atoms with Gasteiger partial charge in [-0.25, -0.2) is 8.42 Å². The van der Waals surface area contributed by atoms with Crippen LogP contribution in [0.2, 0.25) is 0 Å². The first-order valence-electron chi connectivity index (χ1n) is 2.57. The highest BCUT2D eigenvalue weighted by Gasteiger charge is 2.15. The van der Waals surface area contributed by atoms with E-state index in [1.165, 1.54) is 18.5 Å². The van der Waals surface area contributed by atoms with Gasteiger partial charge in [-0.3, -0.25) is 0 Å². The monoisotopic (exact) mass is 158 g/mol. The van der Waals surface area contributed by atoms with E-state index in [0.717, 1.165) is 6.26 Å². The van der Waals surface area contributed by atoms with Crippen LogP contribution in [0, 0.1) is 0 Å². The van der Waals surface area contributed by atoms with Crippen LogP contribution in [0.4, 0.5) is 0 Å². The quantitative estimate of drug-likeness (QED) is 0.507. The number of nitrogens with zero attached hydrogens (tertiary/aromatic N) is 2. The minimum absolute atomic E-state index is 0.197. The first-order chi connectivity index (χ1) is 4.61. The Kier molecular flexibility index (Phi) is 1.67. The molecule has 0 atom stereocenters. The molecule has 0 aromatic rings. The first kappa shape index (κ1) is 7.14. The number of allylic oxidation sites excluding steroid dienone is 2. The molecular weight excluding hydrogens is 152 g/mol. The molecule has 0 spiro atoms. The zero-order chi connectivity index (χ0) is 7.61. The van der Waals surface area contributed by atoms with Crippen molar-refractivity contribution < 1.29 is 8.42 Å². The summed E-state index contributed by atoms with van der Waals surface area (Å²) in [5, 5.41) is 6.87. The summed E-state index contributed by atoms with van der Waals surface area (Å²) < 4.78 is 21.5. The third kappa shape index (κ3) is 1.51. The molecular formula is C5H6N2O2S+. The molecule has 4 nitrogen and oxygen atoms in total. The van der Waals surface area contributed by atoms with Crippen molar-refractivity contribution in [1.82, 2.24) is 5.10 Å². The summed E-state index contributed by atoms with van der Waals surface area (Å²) in [5.41, 5.74) is 0. The summed E-state index contributed by atoms with van der Waals surface area (Å²) in [4.78, 5) is 0.197. The third-order valence-electron chi connectivity index (χ3n) is 0.985. The predicted molar refractivity (Wildman–Crippen MR) is 39.6 cm³/mol. The molecule has 0 amide bonds. The summed E-state index contributed by atoms with van der Waals surface area (Å²) in [6.07, 6.45) is 5.10. The molecule has 0 N–H and O–H groups in total. The zero-order valence-electron chi connectivity index (χ0n) is 5.35. The number of sulfone groups is 1. The summed E-state index contributed by atoms with van der Waals surface area (Å²) in [6.45, 7) is 0. The van der Waals surface area contributed by atoms with E-state index in [4.69, 9.17) is 0 Å². The van der Waals surface area contributed by atoms with Crippen LogP contribution in [0.15, 0.2) is 16.1 Å². The molecule has 1 aliphatic rings. The molecule has 0 saturated carbocycles. The number of hydrogen-bond acceptors (Lipinski definition) is 4. The SMILES string of the molecule is CS(=O)(=O)C1=CC=N[N+]=C1. The van der Waals surface area contributed by atoms with Gasteiger partial charge in [-0.1, -0.05) is 0 Å². The van der Waals surface area contributed by atoms with Crippen LogP contribution in [0.25, 0.3) is 0 Å². The fourth-order valence-corrected chi connectivity index (χ4v) is 1.04. The Morgan fingerprint density at radius 1 is 1.60 bits per heavy atom. The Morgan fingerprint density at radius 3 is 2.60 bits per heavy atom. The normalized spacial score (nSPS) is 17.1. The second-order valence-electron chi connectivity index (χ2n) is 1.85. The van der Waals surface area contributed by atoms with E-state index in [9.17, 15) is 8.42 Å². The highest BCUT2D eigenvalue weighted by molar-refractivity contribution is 7.95. The first-order valence-corrected chi connectivity index (χ1v) is 4.46. The van der Waals surface area contributed by atoms with E-state index in [1.807, 2.05) is 0 Å². The van der Waals surface area contributed by atoms with Gasteiger partial charge in [-0.2, -0.15) is 0 Å². The number of rotatable bonds is 1. The van der Waals surface area contributed by atoms with Crippen molar-refractivity contribution in [1.29, 1.82) is 0 Å². The Bertz CT molecular complexity index is 311. The van der Waals surface area contributed by atoms with Crippen molar-refractivity contribution in [3.63, 3.8) is 0 Å². The molecule has 1 heterocycles. The maximum Gasteiger partial charge on any atom is 0.296 e. The van der Waals surface area contributed by atoms with Gasteiger partial charge in [0.05, 0.1) is 5.10 Å². The highest BCUT2D eigenvalue weighted by atomic mass is 32.2. The van der Waals surface area contributed by atoms with Crippen LogP contribution in [-0.4, -0.2) is 27.1 Å². The molecule has 5 heteroatoms. The second-order valence-corrected chi connectivity index (χ2v) is 3.87. The van der Waals surface area contributed by atoms with Crippen molar-refractivity contribution in [2.75, 3.05) is 6.26 Å². The van der Waals surface area contributed by atoms with Gasteiger partial charge in [0.2, 0.25) is 5.10 Å². The van der Waals surface area contributed by atoms with Crippen molar-refractivity contribution in [3.05, 3.63) is 11.0 Å². The molecule has 0 aliphatic carbocycles. The number of hydrogen-bond donors (Lipinski definition) is 0. The standard InChI is InChI=1S/C5H6N2O2S/c1-10(8,9)5-2-3-6-7-4-5/h2-4H,1H3/q+1. The highest BCUT2D eigenvalue weighted by Crippen LogP contribution is 1.99. The fraction of sp³-hybridized carbons (Fsp3) is 0.200. The topological polar surface area (TPSA) is 60.6 Å². The van der Waals surface area contributed by atoms with Gasteiger partial charge in [0, 0.05) is 6.26 Å². The molecule has 1 radical (unpaired) electrons. The lowest BCUT2D eigenvalue weighted by Gasteiger charge is -1.89. The minimum Gasteiger partial charge on any atom is -0.224 e. The average Bonchev–Trinajstić information content (AvgIpc) is 1.88. The fourth-order valence-electron chi connectivity index (χ4n) is 0.498. The van der Waals surface area contributed by atoms with Crippen LogP contribution in [0.5, 0.6) is 0 Å². The largest absolute Gasteiger partial charge is 0.296 e. The van der Waals surface area contributed by atoms with Gasteiger partial charge in [-0.15, -0.1) is 0 Å². The Balaban J connectivity index is 3.08. The van der Waals surface area contributed by atoms with Crippen LogP contribution < -0.4 is 5.10 Å². The maximum absolute atomic E-state index is 10.8. The second kappa shape index (κ2) is 2.34. The molecule has 0 saturated heterocycles. The van der Waals surface area contributed by atoms with Crippen LogP contribution in [0.1, 0.15) is 0 Å². The summed E-state index contributed by atoms with van der Waals surface area (Å²) in [7, 11) is -3.11. The van der Waals surface area contributed by atoms with Crippen molar-refractivity contribution >= 4 is 22.3 Å². The Labute approximate surface area is 58.9 Å². The van der Waals surface area contributed by atoms with Crippen LogP contribution >= 0.6 is 0 Å². The van der Waals surface area contributed by atoms with E-state index in [-0.39, 0.29) is 4.91 Å². The smallest absolute Gasteiger partial charge is 0.224 e. The van der Waals surface area contributed by atoms with Crippen molar-refractivity contribution in [3.8, 4) is 0 Å². The van der Waals surface area contributed by atoms with E-state index < -0.39 is 9.84 Å². The molecule has 53 valence electrons. The molecule has 0 fully saturated rings. The van der Waals surface area contributed by atoms with Gasteiger partial charge < -0.3 is 0 Å². The van der Waals surface area contributed by atoms with Crippen LogP contribution in [-0.2, 0) is 9.84 Å². The summed E-state index contributed by atoms with van der Waals surface area (Å²) in [5.74, 6) is 0. The van der Waals surface area contributed by atoms with E-state index in [1.54, 1.807) is 0 Å². The predicted octanol–water partition coefficient (Wildman–Crippen LogP) is -0.679. The lowest BCUT2D eigenvalue weighted by atomic mass is 10.5. The molecule has 0 unspecified atom stereocenters. The van der Waals surface area contributed by atoms with Crippen molar-refractivity contribution in [2.45, 2.75) is 0 Å². The summed E-state index contributed by atoms with van der Waals surface area (Å²) >= 11 is 0.